The molecule has 0 aliphatic carbocycles. The van der Waals surface area contributed by atoms with Crippen molar-refractivity contribution in [1.29, 1.82) is 5.26 Å². The lowest BCUT2D eigenvalue weighted by atomic mass is 9.95. The molecule has 38 heavy (non-hydrogen) atoms. The van der Waals surface area contributed by atoms with Crippen LogP contribution in [0.3, 0.4) is 0 Å². The van der Waals surface area contributed by atoms with Crippen LogP contribution < -0.4 is 4.74 Å². The van der Waals surface area contributed by atoms with Crippen molar-refractivity contribution in [3.63, 3.8) is 0 Å². The van der Waals surface area contributed by atoms with Crippen molar-refractivity contribution in [3.8, 4) is 28.8 Å². The summed E-state index contributed by atoms with van der Waals surface area (Å²) in [5.41, 5.74) is 5.07. The van der Waals surface area contributed by atoms with Crippen molar-refractivity contribution in [1.82, 2.24) is 35.1 Å². The Balaban J connectivity index is 1.21. The first-order valence-electron chi connectivity index (χ1n) is 12.5. The lowest BCUT2D eigenvalue weighted by molar-refractivity contribution is 0.193. The zero-order valence-electron chi connectivity index (χ0n) is 20.6. The molecule has 190 valence electrons. The second-order valence-electron chi connectivity index (χ2n) is 9.36. The van der Waals surface area contributed by atoms with Gasteiger partial charge in [-0.3, -0.25) is 15.0 Å². The fraction of sp³-hybridized carbons (Fsp3) is 0.250. The van der Waals surface area contributed by atoms with Crippen LogP contribution in [0.1, 0.15) is 30.0 Å². The largest absolute Gasteiger partial charge is 0.478 e. The summed E-state index contributed by atoms with van der Waals surface area (Å²) in [6.45, 7) is 1.88. The van der Waals surface area contributed by atoms with Crippen LogP contribution in [0.5, 0.6) is 5.75 Å². The number of rotatable bonds is 7. The maximum atomic E-state index is 14.6. The van der Waals surface area contributed by atoms with Crippen molar-refractivity contribution >= 4 is 10.9 Å². The summed E-state index contributed by atoms with van der Waals surface area (Å²) in [7, 11) is 0. The monoisotopic (exact) mass is 508 g/mol. The molecule has 2 aromatic carbocycles. The number of benzene rings is 2. The number of pyridine rings is 1. The third kappa shape index (κ3) is 4.71. The van der Waals surface area contributed by atoms with Crippen molar-refractivity contribution < 1.29 is 9.13 Å². The van der Waals surface area contributed by atoms with Crippen LogP contribution >= 0.6 is 0 Å². The molecule has 1 aliphatic rings. The third-order valence-electron chi connectivity index (χ3n) is 6.95. The standard InChI is InChI=1S/C28H25FN8O/c29-24-4-1-5-27(38-14-10-30)23(24)17-36-13-2-3-20(16-36)26-18-37(35-33-26)21-6-7-25-22(15-21)28(34-32-25)19-8-11-31-12-9-19/h1,4-9,11-12,15,18,20H,2-3,13-14,16-17H2,(H,32,34)/t20-/m1/s1. The number of aromatic nitrogens is 6. The van der Waals surface area contributed by atoms with E-state index in [9.17, 15) is 4.39 Å². The summed E-state index contributed by atoms with van der Waals surface area (Å²) in [6.07, 6.45) is 7.44. The maximum absolute atomic E-state index is 14.6. The van der Waals surface area contributed by atoms with Crippen molar-refractivity contribution in [2.75, 3.05) is 19.7 Å². The van der Waals surface area contributed by atoms with E-state index >= 15 is 0 Å². The Labute approximate surface area is 218 Å². The molecule has 0 radical (unpaired) electrons. The summed E-state index contributed by atoms with van der Waals surface area (Å²) in [6, 6.07) is 16.6. The van der Waals surface area contributed by atoms with E-state index < -0.39 is 0 Å². The van der Waals surface area contributed by atoms with E-state index in [0.717, 1.165) is 59.5 Å². The molecule has 5 aromatic rings. The second-order valence-corrected chi connectivity index (χ2v) is 9.36. The molecule has 0 spiro atoms. The molecule has 1 N–H and O–H groups in total. The minimum atomic E-state index is -0.325. The highest BCUT2D eigenvalue weighted by molar-refractivity contribution is 5.94. The number of ether oxygens (including phenoxy) is 1. The Kier molecular flexibility index (Phi) is 6.50. The molecule has 0 unspecified atom stereocenters. The van der Waals surface area contributed by atoms with Crippen LogP contribution in [0, 0.1) is 17.1 Å². The fourth-order valence-corrected chi connectivity index (χ4v) is 5.07. The van der Waals surface area contributed by atoms with Gasteiger partial charge in [0.1, 0.15) is 23.3 Å². The number of nitriles is 1. The van der Waals surface area contributed by atoms with Gasteiger partial charge in [-0.15, -0.1) is 5.10 Å². The predicted octanol–water partition coefficient (Wildman–Crippen LogP) is 4.63. The molecule has 1 saturated heterocycles. The molecule has 9 nitrogen and oxygen atoms in total. The van der Waals surface area contributed by atoms with E-state index in [1.807, 2.05) is 36.5 Å². The normalized spacial score (nSPS) is 15.9. The number of piperidine rings is 1. The first-order chi connectivity index (χ1) is 18.7. The maximum Gasteiger partial charge on any atom is 0.174 e. The highest BCUT2D eigenvalue weighted by Crippen LogP contribution is 2.31. The lowest BCUT2D eigenvalue weighted by Crippen LogP contribution is -2.34. The van der Waals surface area contributed by atoms with E-state index in [1.165, 1.54) is 6.07 Å². The van der Waals surface area contributed by atoms with Crippen LogP contribution in [-0.2, 0) is 6.54 Å². The van der Waals surface area contributed by atoms with Crippen LogP contribution in [0.4, 0.5) is 4.39 Å². The van der Waals surface area contributed by atoms with Gasteiger partial charge in [-0.25, -0.2) is 9.07 Å². The summed E-state index contributed by atoms with van der Waals surface area (Å²) >= 11 is 0. The van der Waals surface area contributed by atoms with E-state index in [0.29, 0.717) is 17.9 Å². The molecule has 0 bridgehead atoms. The highest BCUT2D eigenvalue weighted by Gasteiger charge is 2.25. The van der Waals surface area contributed by atoms with E-state index in [4.69, 9.17) is 10.00 Å². The topological polar surface area (TPSA) is 109 Å². The average Bonchev–Trinajstić information content (AvgIpc) is 3.62. The quantitative estimate of drug-likeness (QED) is 0.342. The van der Waals surface area contributed by atoms with Gasteiger partial charge in [0.15, 0.2) is 6.61 Å². The Morgan fingerprint density at radius 1 is 1.16 bits per heavy atom. The second kappa shape index (κ2) is 10.4. The van der Waals surface area contributed by atoms with Crippen molar-refractivity contribution in [3.05, 3.63) is 84.2 Å². The molecular formula is C28H25FN8O. The number of aromatic amines is 1. The number of H-pyrrole nitrogens is 1. The Morgan fingerprint density at radius 3 is 2.92 bits per heavy atom. The molecule has 1 atom stereocenters. The zero-order chi connectivity index (χ0) is 25.9. The first kappa shape index (κ1) is 23.8. The number of halogens is 1. The molecule has 4 heterocycles. The third-order valence-corrected chi connectivity index (χ3v) is 6.95. The van der Waals surface area contributed by atoms with E-state index in [2.05, 4.69) is 36.5 Å². The predicted molar refractivity (Wildman–Crippen MR) is 139 cm³/mol. The molecule has 0 amide bonds. The molecule has 0 saturated carbocycles. The van der Waals surface area contributed by atoms with Gasteiger partial charge in [0.05, 0.1) is 23.1 Å². The summed E-state index contributed by atoms with van der Waals surface area (Å²) < 4.78 is 21.9. The van der Waals surface area contributed by atoms with E-state index in [1.54, 1.807) is 29.2 Å². The number of likely N-dealkylation sites (tertiary alicyclic amines) is 1. The van der Waals surface area contributed by atoms with Gasteiger partial charge in [-0.2, -0.15) is 10.4 Å². The zero-order valence-corrected chi connectivity index (χ0v) is 20.6. The van der Waals surface area contributed by atoms with Gasteiger partial charge in [0, 0.05) is 47.9 Å². The SMILES string of the molecule is N#CCOc1cccc(F)c1CN1CCC[C@@H](c2cn(-c3ccc4[nH]nc(-c5ccncc5)c4c3)nn2)C1. The molecule has 1 aliphatic heterocycles. The summed E-state index contributed by atoms with van der Waals surface area (Å²) in [5, 5.41) is 26.4. The fourth-order valence-electron chi connectivity index (χ4n) is 5.07. The number of hydrogen-bond donors (Lipinski definition) is 1. The minimum Gasteiger partial charge on any atom is -0.478 e. The van der Waals surface area contributed by atoms with Crippen LogP contribution in [0.2, 0.25) is 0 Å². The Hall–Kier alpha value is -4.62. The highest BCUT2D eigenvalue weighted by atomic mass is 19.1. The van der Waals surface area contributed by atoms with Gasteiger partial charge in [0.25, 0.3) is 0 Å². The number of nitrogens with one attached hydrogen (secondary N) is 1. The van der Waals surface area contributed by atoms with Crippen molar-refractivity contribution in [2.24, 2.45) is 0 Å². The first-order valence-corrected chi connectivity index (χ1v) is 12.5. The van der Waals surface area contributed by atoms with Crippen molar-refractivity contribution in [2.45, 2.75) is 25.3 Å². The Morgan fingerprint density at radius 2 is 2.05 bits per heavy atom. The smallest absolute Gasteiger partial charge is 0.174 e. The number of hydrogen-bond acceptors (Lipinski definition) is 7. The van der Waals surface area contributed by atoms with Gasteiger partial charge >= 0.3 is 0 Å². The average molecular weight is 509 g/mol. The van der Waals surface area contributed by atoms with Crippen LogP contribution in [0.25, 0.3) is 27.8 Å². The summed E-state index contributed by atoms with van der Waals surface area (Å²) in [4.78, 5) is 6.31. The number of fused-ring (bicyclic) bond motifs is 1. The van der Waals surface area contributed by atoms with Gasteiger partial charge in [-0.1, -0.05) is 11.3 Å². The molecular weight excluding hydrogens is 483 g/mol. The molecule has 6 rings (SSSR count). The van der Waals surface area contributed by atoms with Gasteiger partial charge in [0.2, 0.25) is 0 Å². The van der Waals surface area contributed by atoms with Crippen LogP contribution in [0.15, 0.2) is 67.1 Å². The van der Waals surface area contributed by atoms with Crippen LogP contribution in [-0.4, -0.2) is 54.8 Å². The lowest BCUT2D eigenvalue weighted by Gasteiger charge is -2.32. The van der Waals surface area contributed by atoms with Gasteiger partial charge < -0.3 is 4.74 Å². The Bertz CT molecular complexity index is 1610. The minimum absolute atomic E-state index is 0.114. The number of nitrogens with zero attached hydrogens (tertiary/aromatic N) is 7. The summed E-state index contributed by atoms with van der Waals surface area (Å²) in [5.74, 6) is 0.271. The molecule has 10 heteroatoms. The van der Waals surface area contributed by atoms with E-state index in [-0.39, 0.29) is 18.3 Å². The molecule has 3 aromatic heterocycles. The van der Waals surface area contributed by atoms with Gasteiger partial charge in [-0.05, 0) is 61.9 Å². The molecule has 1 fully saturated rings.